The van der Waals surface area contributed by atoms with Gasteiger partial charge in [-0.1, -0.05) is 57.3 Å². The fourth-order valence-electron chi connectivity index (χ4n) is 5.90. The van der Waals surface area contributed by atoms with Crippen LogP contribution in [0.25, 0.3) is 10.8 Å². The smallest absolute Gasteiger partial charge is 0.251 e. The molecular weight excluding hydrogens is 496 g/mol. The van der Waals surface area contributed by atoms with E-state index in [1.807, 2.05) is 36.4 Å². The van der Waals surface area contributed by atoms with Crippen LogP contribution in [0.2, 0.25) is 5.02 Å². The molecule has 0 aliphatic carbocycles. The third kappa shape index (κ3) is 7.71. The molecular formula is C31H45ClN4O2. The summed E-state index contributed by atoms with van der Waals surface area (Å²) in [4.78, 5) is 31.3. The van der Waals surface area contributed by atoms with E-state index in [-0.39, 0.29) is 23.9 Å². The minimum atomic E-state index is -0.212. The van der Waals surface area contributed by atoms with Crippen molar-refractivity contribution in [1.82, 2.24) is 20.4 Å². The Morgan fingerprint density at radius 2 is 1.82 bits per heavy atom. The fraction of sp³-hybridized carbons (Fsp3) is 0.613. The summed E-state index contributed by atoms with van der Waals surface area (Å²) in [6.07, 6.45) is 6.53. The van der Waals surface area contributed by atoms with Crippen LogP contribution in [-0.4, -0.2) is 73.0 Å². The number of nitrogens with zero attached hydrogens (tertiary/aromatic N) is 2. The summed E-state index contributed by atoms with van der Waals surface area (Å²) in [6.45, 7) is 12.0. The Labute approximate surface area is 233 Å². The fourth-order valence-corrected chi connectivity index (χ4v) is 6.08. The van der Waals surface area contributed by atoms with Gasteiger partial charge >= 0.3 is 0 Å². The van der Waals surface area contributed by atoms with Crippen molar-refractivity contribution >= 4 is 34.2 Å². The lowest BCUT2D eigenvalue weighted by atomic mass is 9.92. The largest absolute Gasteiger partial charge is 0.350 e. The minimum absolute atomic E-state index is 0.0534. The first-order chi connectivity index (χ1) is 18.3. The maximum atomic E-state index is 13.7. The molecule has 2 amide bonds. The Bertz CT molecular complexity index is 1080. The molecule has 2 aromatic rings. The molecule has 0 spiro atoms. The minimum Gasteiger partial charge on any atom is -0.350 e. The van der Waals surface area contributed by atoms with Crippen LogP contribution in [0.5, 0.6) is 0 Å². The molecule has 0 unspecified atom stereocenters. The van der Waals surface area contributed by atoms with E-state index in [0.29, 0.717) is 29.0 Å². The van der Waals surface area contributed by atoms with Gasteiger partial charge < -0.3 is 20.4 Å². The number of halogens is 1. The molecule has 2 N–H and O–H groups in total. The number of benzene rings is 2. The second kappa shape index (κ2) is 13.8. The number of likely N-dealkylation sites (tertiary alicyclic amines) is 1. The van der Waals surface area contributed by atoms with E-state index in [1.54, 1.807) is 0 Å². The maximum absolute atomic E-state index is 13.7. The summed E-state index contributed by atoms with van der Waals surface area (Å²) in [6, 6.07) is 11.2. The van der Waals surface area contributed by atoms with Crippen molar-refractivity contribution in [2.24, 2.45) is 11.8 Å². The van der Waals surface area contributed by atoms with Crippen LogP contribution in [0, 0.1) is 11.8 Å². The zero-order valence-corrected chi connectivity index (χ0v) is 24.1. The lowest BCUT2D eigenvalue weighted by molar-refractivity contribution is -0.133. The molecule has 3 atom stereocenters. The molecule has 2 heterocycles. The quantitative estimate of drug-likeness (QED) is 0.427. The van der Waals surface area contributed by atoms with Gasteiger partial charge in [0.25, 0.3) is 5.91 Å². The van der Waals surface area contributed by atoms with E-state index in [2.05, 4.69) is 41.2 Å². The molecule has 2 aromatic carbocycles. The lowest BCUT2D eigenvalue weighted by Gasteiger charge is -2.31. The van der Waals surface area contributed by atoms with Crippen LogP contribution in [0.3, 0.4) is 0 Å². The molecule has 0 radical (unpaired) electrons. The van der Waals surface area contributed by atoms with E-state index in [0.717, 1.165) is 62.8 Å². The number of rotatable bonds is 10. The van der Waals surface area contributed by atoms with Gasteiger partial charge in [0.1, 0.15) is 0 Å². The second-order valence-corrected chi connectivity index (χ2v) is 11.9. The van der Waals surface area contributed by atoms with Gasteiger partial charge in [-0.05, 0) is 85.6 Å². The standard InChI is InChI=1S/C31H45ClN4O2/c1-4-23(22(2)3)21-36-17-12-28(34-29(31(36)38)13-16-35-14-6-5-7-15-35)20-33-30(37)26-9-8-25-19-27(32)11-10-24(25)18-26/h8-11,18-19,22-23,28-29,34H,4-7,12-17,20-21H2,1-3H3,(H,33,37)/t23-,28+,29+/m1/s1. The van der Waals surface area contributed by atoms with Gasteiger partial charge in [-0.25, -0.2) is 0 Å². The van der Waals surface area contributed by atoms with Gasteiger partial charge in [0.05, 0.1) is 6.04 Å². The average molecular weight is 541 g/mol. The monoisotopic (exact) mass is 540 g/mol. The first-order valence-corrected chi connectivity index (χ1v) is 15.0. The summed E-state index contributed by atoms with van der Waals surface area (Å²) in [5.74, 6) is 1.18. The molecule has 0 bridgehead atoms. The Morgan fingerprint density at radius 3 is 2.55 bits per heavy atom. The van der Waals surface area contributed by atoms with Crippen molar-refractivity contribution in [3.05, 3.63) is 47.0 Å². The Morgan fingerprint density at radius 1 is 1.08 bits per heavy atom. The van der Waals surface area contributed by atoms with Crippen molar-refractivity contribution in [2.75, 3.05) is 39.3 Å². The number of nitrogens with one attached hydrogen (secondary N) is 2. The van der Waals surface area contributed by atoms with Crippen molar-refractivity contribution in [2.45, 2.75) is 71.4 Å². The highest BCUT2D eigenvalue weighted by Crippen LogP contribution is 2.22. The van der Waals surface area contributed by atoms with Crippen molar-refractivity contribution in [3.63, 3.8) is 0 Å². The van der Waals surface area contributed by atoms with E-state index in [1.165, 1.54) is 19.3 Å². The number of hydrogen-bond acceptors (Lipinski definition) is 4. The average Bonchev–Trinajstić information content (AvgIpc) is 3.07. The topological polar surface area (TPSA) is 64.7 Å². The summed E-state index contributed by atoms with van der Waals surface area (Å²) in [7, 11) is 0. The van der Waals surface area contributed by atoms with Crippen LogP contribution in [-0.2, 0) is 4.79 Å². The van der Waals surface area contributed by atoms with Gasteiger partial charge in [0.2, 0.25) is 5.91 Å². The molecule has 6 nitrogen and oxygen atoms in total. The van der Waals surface area contributed by atoms with Gasteiger partial charge in [0, 0.05) is 42.8 Å². The highest BCUT2D eigenvalue weighted by Gasteiger charge is 2.32. The van der Waals surface area contributed by atoms with E-state index < -0.39 is 0 Å². The van der Waals surface area contributed by atoms with Gasteiger partial charge in [-0.3, -0.25) is 9.59 Å². The lowest BCUT2D eigenvalue weighted by Crippen LogP contribution is -2.50. The van der Waals surface area contributed by atoms with Crippen LogP contribution < -0.4 is 10.6 Å². The maximum Gasteiger partial charge on any atom is 0.251 e. The van der Waals surface area contributed by atoms with Crippen LogP contribution in [0.4, 0.5) is 0 Å². The van der Waals surface area contributed by atoms with Crippen molar-refractivity contribution in [1.29, 1.82) is 0 Å². The molecule has 2 fully saturated rings. The van der Waals surface area contributed by atoms with Crippen molar-refractivity contribution in [3.8, 4) is 0 Å². The van der Waals surface area contributed by atoms with E-state index >= 15 is 0 Å². The SMILES string of the molecule is CC[C@H](CN1CC[C@@H](CNC(=O)c2ccc3cc(Cl)ccc3c2)N[C@@H](CCN2CCCCC2)C1=O)C(C)C. The van der Waals surface area contributed by atoms with Gasteiger partial charge in [-0.15, -0.1) is 0 Å². The number of carbonyl (C=O) groups is 2. The summed E-state index contributed by atoms with van der Waals surface area (Å²) in [5.41, 5.74) is 0.635. The number of piperidine rings is 1. The van der Waals surface area contributed by atoms with Crippen LogP contribution >= 0.6 is 11.6 Å². The first-order valence-electron chi connectivity index (χ1n) is 14.6. The number of carbonyl (C=O) groups excluding carboxylic acids is 2. The van der Waals surface area contributed by atoms with Crippen LogP contribution in [0.15, 0.2) is 36.4 Å². The zero-order valence-electron chi connectivity index (χ0n) is 23.3. The summed E-state index contributed by atoms with van der Waals surface area (Å²) in [5, 5.41) is 9.47. The Hall–Kier alpha value is -2.15. The summed E-state index contributed by atoms with van der Waals surface area (Å²) >= 11 is 6.10. The molecule has 2 aliphatic heterocycles. The number of fused-ring (bicyclic) bond motifs is 1. The van der Waals surface area contributed by atoms with Gasteiger partial charge in [-0.2, -0.15) is 0 Å². The molecule has 208 valence electrons. The molecule has 2 aliphatic rings. The number of hydrogen-bond donors (Lipinski definition) is 2. The predicted octanol–water partition coefficient (Wildman–Crippen LogP) is 5.34. The molecule has 0 aromatic heterocycles. The number of amides is 2. The second-order valence-electron chi connectivity index (χ2n) is 11.5. The predicted molar refractivity (Wildman–Crippen MR) is 157 cm³/mol. The molecule has 0 saturated carbocycles. The Balaban J connectivity index is 1.41. The third-order valence-corrected chi connectivity index (χ3v) is 8.71. The highest BCUT2D eigenvalue weighted by molar-refractivity contribution is 6.31. The normalized spacial score (nSPS) is 22.0. The third-order valence-electron chi connectivity index (χ3n) is 8.47. The van der Waals surface area contributed by atoms with Crippen LogP contribution in [0.1, 0.15) is 69.7 Å². The van der Waals surface area contributed by atoms with E-state index in [4.69, 9.17) is 11.6 Å². The zero-order chi connectivity index (χ0) is 27.1. The highest BCUT2D eigenvalue weighted by atomic mass is 35.5. The van der Waals surface area contributed by atoms with Crippen molar-refractivity contribution < 1.29 is 9.59 Å². The first kappa shape index (κ1) is 28.8. The van der Waals surface area contributed by atoms with E-state index in [9.17, 15) is 9.59 Å². The molecule has 7 heteroatoms. The Kier molecular flexibility index (Phi) is 10.5. The molecule has 4 rings (SSSR count). The molecule has 2 saturated heterocycles. The van der Waals surface area contributed by atoms with Gasteiger partial charge in [0.15, 0.2) is 0 Å². The molecule has 38 heavy (non-hydrogen) atoms. The summed E-state index contributed by atoms with van der Waals surface area (Å²) < 4.78 is 0.